The Kier molecular flexibility index (Phi) is 5.93. The van der Waals surface area contributed by atoms with Gasteiger partial charge >= 0.3 is 0 Å². The second kappa shape index (κ2) is 6.46. The zero-order chi connectivity index (χ0) is 10.3. The van der Waals surface area contributed by atoms with Gasteiger partial charge in [-0.2, -0.15) is 0 Å². The molecule has 0 aliphatic carbocycles. The molecule has 0 bridgehead atoms. The molecule has 74 valence electrons. The van der Waals surface area contributed by atoms with Crippen LogP contribution in [0.4, 0.5) is 8.78 Å². The van der Waals surface area contributed by atoms with Crippen LogP contribution in [-0.4, -0.2) is 9.97 Å². The Morgan fingerprint density at radius 2 is 1.85 bits per heavy atom. The monoisotopic (exact) mass is 188 g/mol. The minimum atomic E-state index is -2.52. The lowest BCUT2D eigenvalue weighted by Gasteiger charge is -1.97. The summed E-state index contributed by atoms with van der Waals surface area (Å²) in [6, 6.07) is 0. The SMILES string of the molecule is CC.CCc1cnc(C(F)F)cn1. The van der Waals surface area contributed by atoms with Gasteiger partial charge in [0.1, 0.15) is 5.69 Å². The van der Waals surface area contributed by atoms with Crippen molar-refractivity contribution >= 4 is 0 Å². The molecule has 0 unspecified atom stereocenters. The van der Waals surface area contributed by atoms with E-state index >= 15 is 0 Å². The number of rotatable bonds is 2. The van der Waals surface area contributed by atoms with Crippen molar-refractivity contribution in [2.45, 2.75) is 33.6 Å². The fourth-order valence-corrected chi connectivity index (χ4v) is 0.660. The standard InChI is InChI=1S/C7H8F2N2.C2H6/c1-2-5-3-11-6(4-10-5)7(8)9;1-2/h3-4,7H,2H2,1H3;1-2H3. The van der Waals surface area contributed by atoms with Gasteiger partial charge in [0.15, 0.2) is 0 Å². The van der Waals surface area contributed by atoms with Crippen LogP contribution in [0.2, 0.25) is 0 Å². The molecular weight excluding hydrogens is 174 g/mol. The number of aromatic nitrogens is 2. The zero-order valence-electron chi connectivity index (χ0n) is 8.09. The van der Waals surface area contributed by atoms with Gasteiger partial charge < -0.3 is 0 Å². The number of aryl methyl sites for hydroxylation is 1. The number of halogens is 2. The third-order valence-corrected chi connectivity index (χ3v) is 1.31. The average Bonchev–Trinajstić information content (AvgIpc) is 2.21. The molecule has 0 saturated heterocycles. The van der Waals surface area contributed by atoms with Gasteiger partial charge in [-0.15, -0.1) is 0 Å². The molecule has 13 heavy (non-hydrogen) atoms. The molecule has 0 fully saturated rings. The van der Waals surface area contributed by atoms with Crippen molar-refractivity contribution < 1.29 is 8.78 Å². The topological polar surface area (TPSA) is 25.8 Å². The average molecular weight is 188 g/mol. The van der Waals surface area contributed by atoms with E-state index in [2.05, 4.69) is 9.97 Å². The number of nitrogens with zero attached hydrogens (tertiary/aromatic N) is 2. The highest BCUT2D eigenvalue weighted by Gasteiger charge is 2.07. The van der Waals surface area contributed by atoms with Crippen molar-refractivity contribution in [1.29, 1.82) is 0 Å². The van der Waals surface area contributed by atoms with Crippen molar-refractivity contribution in [3.05, 3.63) is 23.8 Å². The van der Waals surface area contributed by atoms with Gasteiger partial charge in [-0.25, -0.2) is 8.78 Å². The van der Waals surface area contributed by atoms with E-state index in [-0.39, 0.29) is 5.69 Å². The molecule has 0 amide bonds. The molecule has 4 heteroatoms. The van der Waals surface area contributed by atoms with Crippen molar-refractivity contribution in [2.75, 3.05) is 0 Å². The summed E-state index contributed by atoms with van der Waals surface area (Å²) in [6.45, 7) is 5.89. The Labute approximate surface area is 77.0 Å². The van der Waals surface area contributed by atoms with E-state index in [0.29, 0.717) is 0 Å². The predicted octanol–water partition coefficient (Wildman–Crippen LogP) is 3.00. The third-order valence-electron chi connectivity index (χ3n) is 1.31. The Bertz CT molecular complexity index is 222. The van der Waals surface area contributed by atoms with Gasteiger partial charge in [0.05, 0.1) is 11.9 Å². The van der Waals surface area contributed by atoms with E-state index in [9.17, 15) is 8.78 Å². The molecule has 2 nitrogen and oxygen atoms in total. The summed E-state index contributed by atoms with van der Waals surface area (Å²) in [7, 11) is 0. The highest BCUT2D eigenvalue weighted by Crippen LogP contribution is 2.14. The summed E-state index contributed by atoms with van der Waals surface area (Å²) in [6.07, 6.45) is 0.690. The molecule has 1 aromatic heterocycles. The molecule has 0 N–H and O–H groups in total. The van der Waals surface area contributed by atoms with Crippen LogP contribution in [0.25, 0.3) is 0 Å². The molecule has 0 aromatic carbocycles. The Morgan fingerprint density at radius 3 is 2.15 bits per heavy atom. The van der Waals surface area contributed by atoms with Crippen molar-refractivity contribution in [3.8, 4) is 0 Å². The third kappa shape index (κ3) is 3.92. The van der Waals surface area contributed by atoms with Gasteiger partial charge in [-0.1, -0.05) is 20.8 Å². The lowest BCUT2D eigenvalue weighted by Crippen LogP contribution is -1.94. The second-order valence-electron chi connectivity index (χ2n) is 2.09. The van der Waals surface area contributed by atoms with Crippen LogP contribution in [-0.2, 0) is 6.42 Å². The van der Waals surface area contributed by atoms with Gasteiger partial charge in [0, 0.05) is 6.20 Å². The first-order valence-corrected chi connectivity index (χ1v) is 4.33. The van der Waals surface area contributed by atoms with Crippen LogP contribution in [0.3, 0.4) is 0 Å². The molecular formula is C9H14F2N2. The van der Waals surface area contributed by atoms with E-state index in [1.54, 1.807) is 0 Å². The quantitative estimate of drug-likeness (QED) is 0.713. The van der Waals surface area contributed by atoms with Crippen LogP contribution >= 0.6 is 0 Å². The van der Waals surface area contributed by atoms with E-state index in [1.165, 1.54) is 6.20 Å². The summed E-state index contributed by atoms with van der Waals surface area (Å²) in [4.78, 5) is 7.31. The summed E-state index contributed by atoms with van der Waals surface area (Å²) in [5, 5.41) is 0. The lowest BCUT2D eigenvalue weighted by molar-refractivity contribution is 0.145. The molecule has 1 heterocycles. The summed E-state index contributed by atoms with van der Waals surface area (Å²) in [5.74, 6) is 0. The van der Waals surface area contributed by atoms with Crippen LogP contribution in [0, 0.1) is 0 Å². The molecule has 0 aliphatic heterocycles. The first-order valence-electron chi connectivity index (χ1n) is 4.33. The minimum Gasteiger partial charge on any atom is -0.258 e. The number of alkyl halides is 2. The zero-order valence-corrected chi connectivity index (χ0v) is 8.09. The van der Waals surface area contributed by atoms with Crippen LogP contribution < -0.4 is 0 Å². The van der Waals surface area contributed by atoms with E-state index in [1.807, 2.05) is 20.8 Å². The highest BCUT2D eigenvalue weighted by molar-refractivity contribution is 5.02. The Morgan fingerprint density at radius 1 is 1.23 bits per heavy atom. The van der Waals surface area contributed by atoms with Gasteiger partial charge in [-0.05, 0) is 6.42 Å². The van der Waals surface area contributed by atoms with Gasteiger partial charge in [-0.3, -0.25) is 9.97 Å². The maximum Gasteiger partial charge on any atom is 0.281 e. The second-order valence-corrected chi connectivity index (χ2v) is 2.09. The fraction of sp³-hybridized carbons (Fsp3) is 0.556. The van der Waals surface area contributed by atoms with Gasteiger partial charge in [0.25, 0.3) is 6.43 Å². The largest absolute Gasteiger partial charge is 0.281 e. The Balaban J connectivity index is 0.000000671. The lowest BCUT2D eigenvalue weighted by atomic mass is 10.3. The minimum absolute atomic E-state index is 0.262. The summed E-state index contributed by atoms with van der Waals surface area (Å²) >= 11 is 0. The van der Waals surface area contributed by atoms with Gasteiger partial charge in [0.2, 0.25) is 0 Å². The molecule has 0 saturated carbocycles. The highest BCUT2D eigenvalue weighted by atomic mass is 19.3. The van der Waals surface area contributed by atoms with Crippen LogP contribution in [0.15, 0.2) is 12.4 Å². The smallest absolute Gasteiger partial charge is 0.258 e. The Hall–Kier alpha value is -1.06. The number of hydrogen-bond donors (Lipinski definition) is 0. The summed E-state index contributed by atoms with van der Waals surface area (Å²) in [5.41, 5.74) is 0.469. The van der Waals surface area contributed by atoms with E-state index in [0.717, 1.165) is 18.3 Å². The van der Waals surface area contributed by atoms with Crippen molar-refractivity contribution in [3.63, 3.8) is 0 Å². The fourth-order valence-electron chi connectivity index (χ4n) is 0.660. The molecule has 0 atom stereocenters. The predicted molar refractivity (Wildman–Crippen MR) is 47.7 cm³/mol. The molecule has 0 spiro atoms. The first-order chi connectivity index (χ1) is 6.24. The molecule has 0 radical (unpaired) electrons. The number of hydrogen-bond acceptors (Lipinski definition) is 2. The van der Waals surface area contributed by atoms with E-state index in [4.69, 9.17) is 0 Å². The molecule has 1 aromatic rings. The summed E-state index contributed by atoms with van der Waals surface area (Å²) < 4.78 is 23.8. The molecule has 1 rings (SSSR count). The van der Waals surface area contributed by atoms with Crippen molar-refractivity contribution in [2.24, 2.45) is 0 Å². The maximum absolute atomic E-state index is 11.9. The van der Waals surface area contributed by atoms with E-state index < -0.39 is 6.43 Å². The molecule has 0 aliphatic rings. The van der Waals surface area contributed by atoms with Crippen LogP contribution in [0.1, 0.15) is 38.6 Å². The maximum atomic E-state index is 11.9. The van der Waals surface area contributed by atoms with Crippen LogP contribution in [0.5, 0.6) is 0 Å². The van der Waals surface area contributed by atoms with Crippen molar-refractivity contribution in [1.82, 2.24) is 9.97 Å². The normalized spacial score (nSPS) is 9.38. The first kappa shape index (κ1) is 11.9.